The normalized spacial score (nSPS) is 23.1. The zero-order valence-electron chi connectivity index (χ0n) is 20.5. The molecule has 1 N–H and O–H groups in total. The molecule has 1 aliphatic carbocycles. The molecule has 0 unspecified atom stereocenters. The first-order valence-corrected chi connectivity index (χ1v) is 13.4. The van der Waals surface area contributed by atoms with Gasteiger partial charge in [0.1, 0.15) is 11.6 Å². The van der Waals surface area contributed by atoms with Crippen LogP contribution in [0.4, 0.5) is 10.3 Å². The van der Waals surface area contributed by atoms with Crippen LogP contribution in [0.2, 0.25) is 5.02 Å². The summed E-state index contributed by atoms with van der Waals surface area (Å²) < 4.78 is 20.5. The summed E-state index contributed by atoms with van der Waals surface area (Å²) in [4.78, 5) is 25.1. The lowest BCUT2D eigenvalue weighted by Crippen LogP contribution is -2.40. The van der Waals surface area contributed by atoms with Gasteiger partial charge in [0, 0.05) is 32.2 Å². The molecule has 5 rings (SSSR count). The highest BCUT2D eigenvalue weighted by Gasteiger charge is 2.43. The number of aromatic nitrogens is 2. The number of anilines is 1. The van der Waals surface area contributed by atoms with E-state index in [0.717, 1.165) is 50.1 Å². The second-order valence-corrected chi connectivity index (χ2v) is 10.8. The second kappa shape index (κ2) is 11.3. The van der Waals surface area contributed by atoms with Crippen molar-refractivity contribution in [1.82, 2.24) is 14.9 Å². The molecule has 36 heavy (non-hydrogen) atoms. The van der Waals surface area contributed by atoms with Crippen molar-refractivity contribution in [1.29, 1.82) is 0 Å². The smallest absolute Gasteiger partial charge is 0.227 e. The molecule has 1 saturated carbocycles. The third kappa shape index (κ3) is 6.27. The van der Waals surface area contributed by atoms with Gasteiger partial charge in [-0.3, -0.25) is 4.79 Å². The SMILES string of the molecule is O=C(Cc1ccc(OCC[C@@H]2C[C@@H]2C2CCN(c3ncc(Cl)cn3)CC2)cc1F)N1CCC(O)CC1. The van der Waals surface area contributed by atoms with Crippen molar-refractivity contribution in [3.8, 4) is 5.75 Å². The highest BCUT2D eigenvalue weighted by atomic mass is 35.5. The number of piperidine rings is 2. The molecule has 3 aliphatic rings. The minimum absolute atomic E-state index is 0.0366. The maximum atomic E-state index is 14.6. The number of likely N-dealkylation sites (tertiary alicyclic amines) is 1. The molecule has 1 amide bonds. The summed E-state index contributed by atoms with van der Waals surface area (Å²) >= 11 is 5.89. The number of benzene rings is 1. The van der Waals surface area contributed by atoms with Crippen LogP contribution in [0.15, 0.2) is 30.6 Å². The number of carbonyl (C=O) groups is 1. The van der Waals surface area contributed by atoms with Crippen molar-refractivity contribution >= 4 is 23.5 Å². The van der Waals surface area contributed by atoms with Gasteiger partial charge in [-0.25, -0.2) is 14.4 Å². The third-order valence-electron chi connectivity index (χ3n) is 7.95. The molecule has 7 nitrogen and oxygen atoms in total. The van der Waals surface area contributed by atoms with Crippen molar-refractivity contribution in [2.24, 2.45) is 17.8 Å². The van der Waals surface area contributed by atoms with Gasteiger partial charge in [0.15, 0.2) is 0 Å². The van der Waals surface area contributed by atoms with E-state index in [9.17, 15) is 14.3 Å². The number of hydrogen-bond donors (Lipinski definition) is 1. The first-order valence-electron chi connectivity index (χ1n) is 13.1. The van der Waals surface area contributed by atoms with E-state index in [1.807, 2.05) is 0 Å². The van der Waals surface area contributed by atoms with E-state index in [2.05, 4.69) is 14.9 Å². The van der Waals surface area contributed by atoms with Crippen molar-refractivity contribution in [3.63, 3.8) is 0 Å². The van der Waals surface area contributed by atoms with E-state index in [1.54, 1.807) is 29.4 Å². The zero-order valence-corrected chi connectivity index (χ0v) is 21.2. The summed E-state index contributed by atoms with van der Waals surface area (Å²) in [5.74, 6) is 2.93. The van der Waals surface area contributed by atoms with E-state index in [0.29, 0.717) is 54.8 Å². The summed E-state index contributed by atoms with van der Waals surface area (Å²) in [5.41, 5.74) is 0.385. The molecule has 0 spiro atoms. The summed E-state index contributed by atoms with van der Waals surface area (Å²) in [6, 6.07) is 4.80. The number of amides is 1. The molecule has 0 radical (unpaired) electrons. The van der Waals surface area contributed by atoms with Gasteiger partial charge in [-0.2, -0.15) is 0 Å². The molecule has 2 atom stereocenters. The Labute approximate surface area is 216 Å². The van der Waals surface area contributed by atoms with Crippen molar-refractivity contribution in [3.05, 3.63) is 47.0 Å². The molecule has 2 saturated heterocycles. The zero-order chi connectivity index (χ0) is 25.1. The molecule has 194 valence electrons. The Morgan fingerprint density at radius 2 is 1.83 bits per heavy atom. The minimum Gasteiger partial charge on any atom is -0.493 e. The number of ether oxygens (including phenoxy) is 1. The van der Waals surface area contributed by atoms with Crippen LogP contribution in [0.1, 0.15) is 44.1 Å². The third-order valence-corrected chi connectivity index (χ3v) is 8.15. The minimum atomic E-state index is -0.404. The van der Waals surface area contributed by atoms with Gasteiger partial charge in [0.25, 0.3) is 0 Å². The van der Waals surface area contributed by atoms with Crippen LogP contribution < -0.4 is 9.64 Å². The lowest BCUT2D eigenvalue weighted by molar-refractivity contribution is -0.132. The highest BCUT2D eigenvalue weighted by Crippen LogP contribution is 2.49. The summed E-state index contributed by atoms with van der Waals surface area (Å²) in [5, 5.41) is 10.2. The topological polar surface area (TPSA) is 78.8 Å². The largest absolute Gasteiger partial charge is 0.493 e. The molecule has 2 aliphatic heterocycles. The molecule has 0 bridgehead atoms. The fourth-order valence-corrected chi connectivity index (χ4v) is 5.75. The number of aliphatic hydroxyl groups is 1. The van der Waals surface area contributed by atoms with Crippen LogP contribution in [0.3, 0.4) is 0 Å². The Morgan fingerprint density at radius 1 is 1.11 bits per heavy atom. The second-order valence-electron chi connectivity index (χ2n) is 10.4. The van der Waals surface area contributed by atoms with Crippen LogP contribution in [0.25, 0.3) is 0 Å². The van der Waals surface area contributed by atoms with Crippen molar-refractivity contribution in [2.75, 3.05) is 37.7 Å². The maximum absolute atomic E-state index is 14.6. The van der Waals surface area contributed by atoms with Crippen LogP contribution in [0, 0.1) is 23.6 Å². The quantitative estimate of drug-likeness (QED) is 0.568. The molecule has 1 aromatic heterocycles. The molecule has 1 aromatic carbocycles. The van der Waals surface area contributed by atoms with E-state index in [-0.39, 0.29) is 18.4 Å². The van der Waals surface area contributed by atoms with E-state index in [4.69, 9.17) is 16.3 Å². The van der Waals surface area contributed by atoms with Gasteiger partial charge in [0.05, 0.1) is 36.5 Å². The summed E-state index contributed by atoms with van der Waals surface area (Å²) in [6.07, 6.45) is 8.69. The molecule has 2 aromatic rings. The maximum Gasteiger partial charge on any atom is 0.227 e. The fourth-order valence-electron chi connectivity index (χ4n) is 5.66. The van der Waals surface area contributed by atoms with Crippen LogP contribution in [-0.2, 0) is 11.2 Å². The predicted octanol–water partition coefficient (Wildman–Crippen LogP) is 4.12. The summed E-state index contributed by atoms with van der Waals surface area (Å²) in [7, 11) is 0. The number of halogens is 2. The monoisotopic (exact) mass is 516 g/mol. The van der Waals surface area contributed by atoms with Gasteiger partial charge in [0.2, 0.25) is 11.9 Å². The molecule has 3 heterocycles. The van der Waals surface area contributed by atoms with Crippen LogP contribution in [0.5, 0.6) is 5.75 Å². The van der Waals surface area contributed by atoms with E-state index >= 15 is 0 Å². The predicted molar refractivity (Wildman–Crippen MR) is 136 cm³/mol. The van der Waals surface area contributed by atoms with E-state index < -0.39 is 5.82 Å². The lowest BCUT2D eigenvalue weighted by atomic mass is 9.90. The molecular formula is C27H34ClFN4O3. The van der Waals surface area contributed by atoms with E-state index in [1.165, 1.54) is 12.5 Å². The fraction of sp³-hybridized carbons (Fsp3) is 0.593. The van der Waals surface area contributed by atoms with Gasteiger partial charge >= 0.3 is 0 Å². The Hall–Kier alpha value is -2.45. The van der Waals surface area contributed by atoms with Crippen LogP contribution >= 0.6 is 11.6 Å². The van der Waals surface area contributed by atoms with Crippen LogP contribution in [-0.4, -0.2) is 64.8 Å². The number of aliphatic hydroxyl groups excluding tert-OH is 1. The standard InChI is InChI=1S/C27H34ClFN4O3/c28-21-16-30-27(31-17-21)33-8-3-18(4-9-33)24-13-19(24)7-12-36-23-2-1-20(25(29)15-23)14-26(35)32-10-5-22(34)6-11-32/h1-2,15-19,22,24,34H,3-14H2/t19-,24-/m1/s1. The average Bonchev–Trinajstić information content (AvgIpc) is 3.66. The van der Waals surface area contributed by atoms with Gasteiger partial charge in [-0.05, 0) is 67.9 Å². The number of rotatable bonds is 8. The lowest BCUT2D eigenvalue weighted by Gasteiger charge is -2.32. The first kappa shape index (κ1) is 25.2. The molecule has 9 heteroatoms. The number of nitrogens with zero attached hydrogens (tertiary/aromatic N) is 4. The summed E-state index contributed by atoms with van der Waals surface area (Å²) in [6.45, 7) is 3.58. The van der Waals surface area contributed by atoms with Gasteiger partial charge < -0.3 is 19.6 Å². The molecule has 3 fully saturated rings. The van der Waals surface area contributed by atoms with Gasteiger partial charge in [-0.1, -0.05) is 17.7 Å². The van der Waals surface area contributed by atoms with Crippen molar-refractivity contribution < 1.29 is 19.0 Å². The number of carbonyl (C=O) groups excluding carboxylic acids is 1. The Bertz CT molecular complexity index is 1040. The number of hydrogen-bond acceptors (Lipinski definition) is 6. The highest BCUT2D eigenvalue weighted by molar-refractivity contribution is 6.30. The van der Waals surface area contributed by atoms with Gasteiger partial charge in [-0.15, -0.1) is 0 Å². The first-order chi connectivity index (χ1) is 17.5. The average molecular weight is 517 g/mol. The Morgan fingerprint density at radius 3 is 2.53 bits per heavy atom. The Kier molecular flexibility index (Phi) is 7.91. The molecular weight excluding hydrogens is 483 g/mol. The van der Waals surface area contributed by atoms with Crippen molar-refractivity contribution in [2.45, 2.75) is 51.0 Å². The Balaban J connectivity index is 1.02.